The minimum Gasteiger partial charge on any atom is -0.397 e. The largest absolute Gasteiger partial charge is 0.397 e. The number of benzene rings is 3. The monoisotopic (exact) mass is 524 g/mol. The first-order chi connectivity index (χ1) is 19.0. The smallest absolute Gasteiger partial charge is 0.248 e. The van der Waals surface area contributed by atoms with Gasteiger partial charge < -0.3 is 26.4 Å². The van der Waals surface area contributed by atoms with Crippen LogP contribution in [-0.2, 0) is 14.3 Å². The molecule has 4 rings (SSSR count). The van der Waals surface area contributed by atoms with E-state index in [1.54, 1.807) is 54.6 Å². The van der Waals surface area contributed by atoms with E-state index in [0.29, 0.717) is 42.4 Å². The zero-order valence-electron chi connectivity index (χ0n) is 21.6. The van der Waals surface area contributed by atoms with E-state index in [-0.39, 0.29) is 11.8 Å². The van der Waals surface area contributed by atoms with E-state index in [0.717, 1.165) is 30.8 Å². The van der Waals surface area contributed by atoms with Crippen molar-refractivity contribution in [1.29, 1.82) is 5.26 Å². The summed E-state index contributed by atoms with van der Waals surface area (Å²) < 4.78 is 5.42. The van der Waals surface area contributed by atoms with Crippen LogP contribution < -0.4 is 21.7 Å². The Hall–Kier alpha value is -4.49. The molecule has 39 heavy (non-hydrogen) atoms. The lowest BCUT2D eigenvalue weighted by molar-refractivity contribution is -0.118. The highest BCUT2D eigenvalue weighted by atomic mass is 16.5. The van der Waals surface area contributed by atoms with Gasteiger partial charge in [-0.25, -0.2) is 0 Å². The van der Waals surface area contributed by atoms with E-state index in [2.05, 4.69) is 26.9 Å². The predicted molar refractivity (Wildman–Crippen MR) is 153 cm³/mol. The Morgan fingerprint density at radius 2 is 1.72 bits per heavy atom. The van der Waals surface area contributed by atoms with E-state index >= 15 is 0 Å². The lowest BCUT2D eigenvalue weighted by Crippen LogP contribution is -2.42. The van der Waals surface area contributed by atoms with Crippen molar-refractivity contribution < 1.29 is 14.3 Å². The van der Waals surface area contributed by atoms with Crippen molar-refractivity contribution in [3.63, 3.8) is 0 Å². The highest BCUT2D eigenvalue weighted by molar-refractivity contribution is 6.03. The van der Waals surface area contributed by atoms with E-state index in [1.165, 1.54) is 6.08 Å². The summed E-state index contributed by atoms with van der Waals surface area (Å²) in [6.07, 6.45) is 3.15. The van der Waals surface area contributed by atoms with E-state index < -0.39 is 6.04 Å². The molecule has 2 amide bonds. The maximum Gasteiger partial charge on any atom is 0.248 e. The zero-order chi connectivity index (χ0) is 27.5. The molecule has 1 unspecified atom stereocenters. The lowest BCUT2D eigenvalue weighted by Gasteiger charge is -2.27. The molecule has 1 heterocycles. The molecule has 9 heteroatoms. The first kappa shape index (κ1) is 27.5. The molecule has 3 aromatic carbocycles. The summed E-state index contributed by atoms with van der Waals surface area (Å²) in [7, 11) is 0. The number of hydrogen-bond donors (Lipinski definition) is 4. The molecule has 5 N–H and O–H groups in total. The minimum absolute atomic E-state index is 0.204. The van der Waals surface area contributed by atoms with Gasteiger partial charge in [0, 0.05) is 37.9 Å². The van der Waals surface area contributed by atoms with Crippen molar-refractivity contribution in [3.05, 3.63) is 95.6 Å². The molecule has 0 spiro atoms. The fraction of sp³-hybridized carbons (Fsp3) is 0.233. The third kappa shape index (κ3) is 8.25. The first-order valence-corrected chi connectivity index (χ1v) is 12.8. The second kappa shape index (κ2) is 13.9. The van der Waals surface area contributed by atoms with Gasteiger partial charge in [-0.3, -0.25) is 14.5 Å². The van der Waals surface area contributed by atoms with Crippen molar-refractivity contribution in [3.8, 4) is 6.07 Å². The Balaban J connectivity index is 1.42. The molecule has 0 saturated carbocycles. The van der Waals surface area contributed by atoms with Gasteiger partial charge in [0.15, 0.2) is 0 Å². The molecule has 3 aromatic rings. The third-order valence-electron chi connectivity index (χ3n) is 6.34. The number of nitrogens with one attached hydrogen (secondary N) is 3. The van der Waals surface area contributed by atoms with Crippen molar-refractivity contribution >= 4 is 35.0 Å². The number of morpholine rings is 1. The van der Waals surface area contributed by atoms with Gasteiger partial charge in [-0.15, -0.1) is 0 Å². The lowest BCUT2D eigenvalue weighted by atomic mass is 10.0. The molecule has 1 fully saturated rings. The Morgan fingerprint density at radius 1 is 1.00 bits per heavy atom. The number of nitrogens with two attached hydrogens (primary N) is 1. The standard InChI is InChI=1S/C30H32N6O3/c31-21-23-7-12-25(13-8-23)34-30(38)29(33-15-16-36-17-19-39-20-18-36)24-10-5-22(6-11-24)9-14-28(37)35-27-4-2-1-3-26(27)32/h1-14,29,33H,15-20,32H2,(H,34,38)(H,35,37). The second-order valence-electron chi connectivity index (χ2n) is 9.10. The third-order valence-corrected chi connectivity index (χ3v) is 6.34. The van der Waals surface area contributed by atoms with E-state index in [9.17, 15) is 9.59 Å². The summed E-state index contributed by atoms with van der Waals surface area (Å²) in [5, 5.41) is 18.1. The molecular weight excluding hydrogens is 492 g/mol. The number of nitrogen functional groups attached to an aromatic ring is 1. The molecule has 0 bridgehead atoms. The highest BCUT2D eigenvalue weighted by Gasteiger charge is 2.21. The Bertz CT molecular complexity index is 1330. The number of nitriles is 1. The molecule has 1 aliphatic rings. The summed E-state index contributed by atoms with van der Waals surface area (Å²) >= 11 is 0. The fourth-order valence-corrected chi connectivity index (χ4v) is 4.15. The van der Waals surface area contributed by atoms with Crippen molar-refractivity contribution in [2.45, 2.75) is 6.04 Å². The Labute approximate surface area is 228 Å². The molecule has 1 aliphatic heterocycles. The molecule has 0 aliphatic carbocycles. The number of ether oxygens (including phenoxy) is 1. The number of para-hydroxylation sites is 2. The van der Waals surface area contributed by atoms with Crippen molar-refractivity contribution in [2.75, 3.05) is 55.8 Å². The maximum atomic E-state index is 13.3. The van der Waals surface area contributed by atoms with Gasteiger partial charge in [0.2, 0.25) is 11.8 Å². The van der Waals surface area contributed by atoms with Gasteiger partial charge in [0.1, 0.15) is 6.04 Å². The number of carbonyl (C=O) groups is 2. The normalized spacial score (nSPS) is 14.4. The van der Waals surface area contributed by atoms with Crippen LogP contribution in [0.4, 0.5) is 17.1 Å². The molecule has 200 valence electrons. The number of nitrogens with zero attached hydrogens (tertiary/aromatic N) is 2. The van der Waals surface area contributed by atoms with Gasteiger partial charge in [-0.2, -0.15) is 5.26 Å². The summed E-state index contributed by atoms with van der Waals surface area (Å²) in [5.74, 6) is -0.494. The first-order valence-electron chi connectivity index (χ1n) is 12.8. The summed E-state index contributed by atoms with van der Waals surface area (Å²) in [6, 6.07) is 22.8. The average Bonchev–Trinajstić information content (AvgIpc) is 2.97. The summed E-state index contributed by atoms with van der Waals surface area (Å²) in [6.45, 7) is 4.59. The van der Waals surface area contributed by atoms with Crippen LogP contribution in [0.15, 0.2) is 78.9 Å². The molecular formula is C30H32N6O3. The summed E-state index contributed by atoms with van der Waals surface area (Å²) in [5.41, 5.74) is 9.69. The number of anilines is 3. The van der Waals surface area contributed by atoms with Crippen LogP contribution in [0.3, 0.4) is 0 Å². The van der Waals surface area contributed by atoms with E-state index in [4.69, 9.17) is 15.7 Å². The molecule has 0 radical (unpaired) electrons. The van der Waals surface area contributed by atoms with E-state index in [1.807, 2.05) is 24.3 Å². The minimum atomic E-state index is -0.593. The number of hydrogen-bond acceptors (Lipinski definition) is 7. The van der Waals surface area contributed by atoms with Crippen LogP contribution in [-0.4, -0.2) is 56.1 Å². The van der Waals surface area contributed by atoms with Crippen molar-refractivity contribution in [1.82, 2.24) is 10.2 Å². The number of amides is 2. The Kier molecular flexibility index (Phi) is 9.80. The zero-order valence-corrected chi connectivity index (χ0v) is 21.6. The SMILES string of the molecule is N#Cc1ccc(NC(=O)C(NCCN2CCOCC2)c2ccc(C=CC(=O)Nc3ccccc3N)cc2)cc1. The van der Waals surface area contributed by atoms with Gasteiger partial charge >= 0.3 is 0 Å². The number of rotatable bonds is 10. The van der Waals surface area contributed by atoms with Crippen LogP contribution in [0.5, 0.6) is 0 Å². The number of carbonyl (C=O) groups excluding carboxylic acids is 2. The van der Waals surface area contributed by atoms with Gasteiger partial charge in [0.25, 0.3) is 0 Å². The molecule has 0 aromatic heterocycles. The maximum absolute atomic E-state index is 13.3. The van der Waals surface area contributed by atoms with Gasteiger partial charge in [0.05, 0.1) is 36.2 Å². The van der Waals surface area contributed by atoms with Gasteiger partial charge in [-0.1, -0.05) is 36.4 Å². The fourth-order valence-electron chi connectivity index (χ4n) is 4.15. The average molecular weight is 525 g/mol. The topological polar surface area (TPSA) is 133 Å². The van der Waals surface area contributed by atoms with Crippen molar-refractivity contribution in [2.24, 2.45) is 0 Å². The second-order valence-corrected chi connectivity index (χ2v) is 9.10. The Morgan fingerprint density at radius 3 is 2.41 bits per heavy atom. The van der Waals surface area contributed by atoms with Crippen LogP contribution >= 0.6 is 0 Å². The molecule has 9 nitrogen and oxygen atoms in total. The summed E-state index contributed by atoms with van der Waals surface area (Å²) in [4.78, 5) is 27.9. The highest BCUT2D eigenvalue weighted by Crippen LogP contribution is 2.19. The predicted octanol–water partition coefficient (Wildman–Crippen LogP) is 3.39. The van der Waals surface area contributed by atoms with Crippen LogP contribution in [0.25, 0.3) is 6.08 Å². The van der Waals surface area contributed by atoms with Crippen LogP contribution in [0, 0.1) is 11.3 Å². The quantitative estimate of drug-likeness (QED) is 0.236. The van der Waals surface area contributed by atoms with Crippen LogP contribution in [0.1, 0.15) is 22.7 Å². The van der Waals surface area contributed by atoms with Gasteiger partial charge in [-0.05, 0) is 53.6 Å². The van der Waals surface area contributed by atoms with Crippen LogP contribution in [0.2, 0.25) is 0 Å². The molecule has 1 saturated heterocycles. The molecule has 1 atom stereocenters.